The van der Waals surface area contributed by atoms with Crippen molar-refractivity contribution in [2.24, 2.45) is 5.92 Å². The van der Waals surface area contributed by atoms with Crippen LogP contribution in [0.15, 0.2) is 42.5 Å². The van der Waals surface area contributed by atoms with Crippen LogP contribution >= 0.6 is 24.8 Å². The van der Waals surface area contributed by atoms with Crippen molar-refractivity contribution in [3.05, 3.63) is 59.2 Å². The Bertz CT molecular complexity index is 739. The van der Waals surface area contributed by atoms with E-state index in [4.69, 9.17) is 0 Å². The molecule has 0 bridgehead atoms. The molecule has 0 radical (unpaired) electrons. The molecule has 1 heterocycles. The van der Waals surface area contributed by atoms with Crippen LogP contribution < -0.4 is 5.32 Å². The molecule has 1 fully saturated rings. The smallest absolute Gasteiger partial charge is 0.0349 e. The van der Waals surface area contributed by atoms with E-state index in [-0.39, 0.29) is 24.8 Å². The van der Waals surface area contributed by atoms with Gasteiger partial charge in [0.05, 0.1) is 0 Å². The van der Waals surface area contributed by atoms with Gasteiger partial charge in [0.25, 0.3) is 0 Å². The number of rotatable bonds is 5. The first kappa shape index (κ1) is 22.2. The van der Waals surface area contributed by atoms with Gasteiger partial charge in [-0.2, -0.15) is 0 Å². The molecule has 27 heavy (non-hydrogen) atoms. The number of benzene rings is 2. The molecule has 4 rings (SSSR count). The zero-order valence-corrected chi connectivity index (χ0v) is 18.0. The lowest BCUT2D eigenvalue weighted by molar-refractivity contribution is 0.160. The minimum absolute atomic E-state index is 0. The minimum Gasteiger partial charge on any atom is -0.314 e. The Morgan fingerprint density at radius 3 is 2.33 bits per heavy atom. The van der Waals surface area contributed by atoms with Gasteiger partial charge in [-0.1, -0.05) is 56.3 Å². The van der Waals surface area contributed by atoms with Crippen molar-refractivity contribution in [3.8, 4) is 11.1 Å². The van der Waals surface area contributed by atoms with Crippen LogP contribution in [-0.2, 0) is 6.42 Å². The fourth-order valence-corrected chi connectivity index (χ4v) is 4.42. The van der Waals surface area contributed by atoms with Gasteiger partial charge in [-0.3, -0.25) is 4.90 Å². The van der Waals surface area contributed by atoms with Gasteiger partial charge < -0.3 is 5.32 Å². The van der Waals surface area contributed by atoms with Gasteiger partial charge in [-0.15, -0.1) is 24.8 Å². The summed E-state index contributed by atoms with van der Waals surface area (Å²) in [4.78, 5) is 2.70. The molecular formula is C23H32Cl2N2. The molecule has 1 saturated heterocycles. The van der Waals surface area contributed by atoms with Crippen molar-refractivity contribution in [1.29, 1.82) is 0 Å². The van der Waals surface area contributed by atoms with Gasteiger partial charge >= 0.3 is 0 Å². The van der Waals surface area contributed by atoms with E-state index in [1.165, 1.54) is 53.7 Å². The Labute approximate surface area is 176 Å². The van der Waals surface area contributed by atoms with Crippen LogP contribution in [0.25, 0.3) is 11.1 Å². The molecule has 0 spiro atoms. The van der Waals surface area contributed by atoms with Crippen molar-refractivity contribution in [3.63, 3.8) is 0 Å². The lowest BCUT2D eigenvalue weighted by Gasteiger charge is -2.36. The first-order valence-electron chi connectivity index (χ1n) is 9.88. The highest BCUT2D eigenvalue weighted by atomic mass is 35.5. The average Bonchev–Trinajstić information content (AvgIpc) is 3.00. The number of hydrogen-bond donors (Lipinski definition) is 1. The molecule has 148 valence electrons. The van der Waals surface area contributed by atoms with Crippen molar-refractivity contribution >= 4 is 24.8 Å². The Morgan fingerprint density at radius 2 is 1.59 bits per heavy atom. The van der Waals surface area contributed by atoms with Crippen LogP contribution in [0.3, 0.4) is 0 Å². The quantitative estimate of drug-likeness (QED) is 0.602. The molecule has 2 aromatic rings. The third-order valence-electron chi connectivity index (χ3n) is 5.81. The predicted molar refractivity (Wildman–Crippen MR) is 120 cm³/mol. The highest BCUT2D eigenvalue weighted by molar-refractivity contribution is 5.85. The Morgan fingerprint density at radius 1 is 0.889 bits per heavy atom. The van der Waals surface area contributed by atoms with E-state index in [0.29, 0.717) is 6.04 Å². The Balaban J connectivity index is 0.00000131. The molecule has 0 unspecified atom stereocenters. The Hall–Kier alpha value is -1.06. The van der Waals surface area contributed by atoms with Crippen LogP contribution in [-0.4, -0.2) is 31.1 Å². The molecule has 4 heteroatoms. The van der Waals surface area contributed by atoms with Crippen molar-refractivity contribution in [2.45, 2.75) is 39.2 Å². The van der Waals surface area contributed by atoms with Crippen LogP contribution in [0.1, 0.15) is 49.4 Å². The van der Waals surface area contributed by atoms with E-state index in [2.05, 4.69) is 66.5 Å². The van der Waals surface area contributed by atoms with Crippen LogP contribution in [0.2, 0.25) is 0 Å². The second kappa shape index (κ2) is 9.93. The number of nitrogens with zero attached hydrogens (tertiary/aromatic N) is 1. The monoisotopic (exact) mass is 406 g/mol. The molecule has 0 saturated carbocycles. The van der Waals surface area contributed by atoms with E-state index < -0.39 is 0 Å². The zero-order valence-electron chi connectivity index (χ0n) is 16.4. The summed E-state index contributed by atoms with van der Waals surface area (Å²) in [5, 5.41) is 3.50. The maximum Gasteiger partial charge on any atom is 0.0349 e. The molecule has 2 aromatic carbocycles. The van der Waals surface area contributed by atoms with E-state index >= 15 is 0 Å². The lowest BCUT2D eigenvalue weighted by Crippen LogP contribution is -2.45. The SMILES string of the molecule is CC(C)CC[C@@H](c1ccc2c(c1)Cc1ccccc1-2)N1CCNCC1.Cl.Cl. The van der Waals surface area contributed by atoms with E-state index in [0.717, 1.165) is 25.4 Å². The molecule has 1 N–H and O–H groups in total. The second-order valence-corrected chi connectivity index (χ2v) is 8.02. The zero-order chi connectivity index (χ0) is 17.2. The molecule has 0 amide bonds. The normalized spacial score (nSPS) is 16.9. The first-order chi connectivity index (χ1) is 12.2. The molecule has 1 aliphatic heterocycles. The van der Waals surface area contributed by atoms with Crippen molar-refractivity contribution in [2.75, 3.05) is 26.2 Å². The topological polar surface area (TPSA) is 15.3 Å². The molecule has 0 aromatic heterocycles. The summed E-state index contributed by atoms with van der Waals surface area (Å²) in [6, 6.07) is 16.7. The molecule has 1 atom stereocenters. The number of nitrogens with one attached hydrogen (secondary N) is 1. The summed E-state index contributed by atoms with van der Waals surface area (Å²) in [5.74, 6) is 0.768. The van der Waals surface area contributed by atoms with Gasteiger partial charge in [-0.25, -0.2) is 0 Å². The molecular weight excluding hydrogens is 375 g/mol. The fourth-order valence-electron chi connectivity index (χ4n) is 4.42. The molecule has 1 aliphatic carbocycles. The summed E-state index contributed by atoms with van der Waals surface area (Å²) in [7, 11) is 0. The maximum absolute atomic E-state index is 3.50. The fraction of sp³-hybridized carbons (Fsp3) is 0.478. The highest BCUT2D eigenvalue weighted by Gasteiger charge is 2.25. The number of fused-ring (bicyclic) bond motifs is 3. The number of halogens is 2. The van der Waals surface area contributed by atoms with E-state index in [1.54, 1.807) is 0 Å². The molecule has 2 aliphatic rings. The van der Waals surface area contributed by atoms with Gasteiger partial charge in [0, 0.05) is 32.2 Å². The predicted octanol–water partition coefficient (Wildman–Crippen LogP) is 5.48. The van der Waals surface area contributed by atoms with Gasteiger partial charge in [0.1, 0.15) is 0 Å². The van der Waals surface area contributed by atoms with Gasteiger partial charge in [0.2, 0.25) is 0 Å². The standard InChI is InChI=1S/C23H30N2.2ClH/c1-17(2)7-10-23(25-13-11-24-12-14-25)19-8-9-22-20(16-19)15-18-5-3-4-6-21(18)22;;/h3-6,8-9,16-17,23-24H,7,10-15H2,1-2H3;2*1H/t23-;;/m0../s1. The van der Waals surface area contributed by atoms with Crippen LogP contribution in [0, 0.1) is 5.92 Å². The third-order valence-corrected chi connectivity index (χ3v) is 5.81. The minimum atomic E-state index is 0. The van der Waals surface area contributed by atoms with Crippen LogP contribution in [0.5, 0.6) is 0 Å². The second-order valence-electron chi connectivity index (χ2n) is 8.02. The largest absolute Gasteiger partial charge is 0.314 e. The highest BCUT2D eigenvalue weighted by Crippen LogP contribution is 2.39. The van der Waals surface area contributed by atoms with Gasteiger partial charge in [0.15, 0.2) is 0 Å². The summed E-state index contributed by atoms with van der Waals surface area (Å²) >= 11 is 0. The molecule has 2 nitrogen and oxygen atoms in total. The number of piperazine rings is 1. The Kier molecular flexibility index (Phi) is 8.18. The summed E-state index contributed by atoms with van der Waals surface area (Å²) in [5.41, 5.74) is 7.40. The van der Waals surface area contributed by atoms with Crippen molar-refractivity contribution in [1.82, 2.24) is 10.2 Å². The number of hydrogen-bond acceptors (Lipinski definition) is 2. The summed E-state index contributed by atoms with van der Waals surface area (Å²) < 4.78 is 0. The van der Waals surface area contributed by atoms with E-state index in [1.807, 2.05) is 0 Å². The summed E-state index contributed by atoms with van der Waals surface area (Å²) in [6.45, 7) is 9.26. The van der Waals surface area contributed by atoms with Gasteiger partial charge in [-0.05, 0) is 53.0 Å². The lowest BCUT2D eigenvalue weighted by atomic mass is 9.93. The first-order valence-corrected chi connectivity index (χ1v) is 9.88. The van der Waals surface area contributed by atoms with Crippen molar-refractivity contribution < 1.29 is 0 Å². The average molecular weight is 407 g/mol. The summed E-state index contributed by atoms with van der Waals surface area (Å²) in [6.07, 6.45) is 3.66. The maximum atomic E-state index is 3.50. The van der Waals surface area contributed by atoms with Crippen LogP contribution in [0.4, 0.5) is 0 Å². The third kappa shape index (κ3) is 4.86. The van der Waals surface area contributed by atoms with E-state index in [9.17, 15) is 0 Å².